The molecule has 27 heavy (non-hydrogen) atoms. The van der Waals surface area contributed by atoms with Crippen molar-refractivity contribution in [1.82, 2.24) is 4.98 Å². The van der Waals surface area contributed by atoms with E-state index in [1.807, 2.05) is 27.8 Å². The van der Waals surface area contributed by atoms with Gasteiger partial charge in [0, 0.05) is 23.0 Å². The molecule has 1 N–H and O–H groups in total. The largest absolute Gasteiger partial charge is 0.312 e. The third kappa shape index (κ3) is 3.94. The number of nitrogens with one attached hydrogen (secondary N) is 1. The molecule has 7 heteroatoms. The lowest BCUT2D eigenvalue weighted by Gasteiger charge is -2.29. The molecule has 0 spiro atoms. The number of anilines is 2. The van der Waals surface area contributed by atoms with Crippen LogP contribution >= 0.6 is 22.7 Å². The Kier molecular flexibility index (Phi) is 5.05. The van der Waals surface area contributed by atoms with Crippen LogP contribution in [0.25, 0.3) is 0 Å². The van der Waals surface area contributed by atoms with Gasteiger partial charge in [0.15, 0.2) is 5.13 Å². The highest BCUT2D eigenvalue weighted by Gasteiger charge is 2.23. The summed E-state index contributed by atoms with van der Waals surface area (Å²) in [5.41, 5.74) is 4.76. The van der Waals surface area contributed by atoms with Crippen molar-refractivity contribution in [2.75, 3.05) is 16.8 Å². The summed E-state index contributed by atoms with van der Waals surface area (Å²) in [7, 11) is 0. The quantitative estimate of drug-likeness (QED) is 0.714. The van der Waals surface area contributed by atoms with Crippen molar-refractivity contribution in [2.24, 2.45) is 0 Å². The van der Waals surface area contributed by atoms with Gasteiger partial charge in [-0.25, -0.2) is 4.98 Å². The zero-order chi connectivity index (χ0) is 18.8. The first-order chi connectivity index (χ1) is 13.1. The van der Waals surface area contributed by atoms with Crippen molar-refractivity contribution in [3.8, 4) is 0 Å². The van der Waals surface area contributed by atoms with Gasteiger partial charge in [-0.05, 0) is 42.8 Å². The van der Waals surface area contributed by atoms with Crippen LogP contribution in [0.1, 0.15) is 33.6 Å². The van der Waals surface area contributed by atoms with Crippen LogP contribution in [0.5, 0.6) is 0 Å². The topological polar surface area (TPSA) is 62.3 Å². The van der Waals surface area contributed by atoms with E-state index in [4.69, 9.17) is 0 Å². The average molecular weight is 398 g/mol. The zero-order valence-corrected chi connectivity index (χ0v) is 16.5. The highest BCUT2D eigenvalue weighted by molar-refractivity contribution is 7.14. The molecule has 4 rings (SSSR count). The van der Waals surface area contributed by atoms with Crippen molar-refractivity contribution < 1.29 is 9.59 Å². The van der Waals surface area contributed by atoms with Crippen LogP contribution in [0.15, 0.2) is 40.4 Å². The molecular formula is C20H19N3O2S2. The highest BCUT2D eigenvalue weighted by Crippen LogP contribution is 2.29. The Morgan fingerprint density at radius 2 is 2.15 bits per heavy atom. The average Bonchev–Trinajstić information content (AvgIpc) is 3.33. The second-order valence-electron chi connectivity index (χ2n) is 6.57. The second-order valence-corrected chi connectivity index (χ2v) is 8.21. The summed E-state index contributed by atoms with van der Waals surface area (Å²) in [6.07, 6.45) is 2.22. The minimum Gasteiger partial charge on any atom is -0.312 e. The number of benzene rings is 1. The van der Waals surface area contributed by atoms with Gasteiger partial charge in [0.2, 0.25) is 5.91 Å². The number of hydrogen-bond donors (Lipinski definition) is 1. The summed E-state index contributed by atoms with van der Waals surface area (Å²) < 4.78 is 0. The Bertz CT molecular complexity index is 979. The van der Waals surface area contributed by atoms with E-state index >= 15 is 0 Å². The first-order valence-electron chi connectivity index (χ1n) is 8.78. The van der Waals surface area contributed by atoms with Crippen molar-refractivity contribution >= 4 is 45.3 Å². The van der Waals surface area contributed by atoms with Crippen LogP contribution in [0.4, 0.5) is 10.8 Å². The maximum atomic E-state index is 12.8. The molecule has 2 amide bonds. The predicted octanol–water partition coefficient (Wildman–Crippen LogP) is 4.29. The van der Waals surface area contributed by atoms with Crippen LogP contribution in [0, 0.1) is 6.92 Å². The number of amides is 2. The zero-order valence-electron chi connectivity index (χ0n) is 14.9. The molecule has 1 aromatic carbocycles. The SMILES string of the molecule is Cc1ccc2c(c1)CCCN2C(=O)Cc1csc(NC(=O)c2ccsc2)n1. The molecule has 0 fully saturated rings. The number of carbonyl (C=O) groups is 2. The standard InChI is InChI=1S/C20H19N3O2S2/c1-13-4-5-17-14(9-13)3-2-7-23(17)18(24)10-16-12-27-20(21-16)22-19(25)15-6-8-26-11-15/h4-6,8-9,11-12H,2-3,7,10H2,1H3,(H,21,22,25). The second kappa shape index (κ2) is 7.62. The molecule has 1 aliphatic rings. The Hall–Kier alpha value is -2.51. The third-order valence-corrected chi connectivity index (χ3v) is 6.03. The smallest absolute Gasteiger partial charge is 0.258 e. The number of rotatable bonds is 4. The summed E-state index contributed by atoms with van der Waals surface area (Å²) >= 11 is 2.82. The summed E-state index contributed by atoms with van der Waals surface area (Å²) in [5.74, 6) is -0.135. The molecule has 2 aromatic heterocycles. The number of fused-ring (bicyclic) bond motifs is 1. The van der Waals surface area contributed by atoms with Crippen molar-refractivity contribution in [2.45, 2.75) is 26.2 Å². The van der Waals surface area contributed by atoms with Crippen molar-refractivity contribution in [1.29, 1.82) is 0 Å². The van der Waals surface area contributed by atoms with E-state index in [-0.39, 0.29) is 18.2 Å². The Morgan fingerprint density at radius 1 is 1.26 bits per heavy atom. The van der Waals surface area contributed by atoms with E-state index in [1.54, 1.807) is 11.4 Å². The normalized spacial score (nSPS) is 13.3. The van der Waals surface area contributed by atoms with Crippen LogP contribution in [0.3, 0.4) is 0 Å². The van der Waals surface area contributed by atoms with Gasteiger partial charge in [-0.15, -0.1) is 11.3 Å². The summed E-state index contributed by atoms with van der Waals surface area (Å²) in [5, 5.41) is 8.80. The summed E-state index contributed by atoms with van der Waals surface area (Å²) in [4.78, 5) is 31.2. The molecule has 0 atom stereocenters. The molecule has 0 radical (unpaired) electrons. The fourth-order valence-corrected chi connectivity index (χ4v) is 4.59. The molecule has 0 saturated heterocycles. The molecule has 138 valence electrons. The van der Waals surface area contributed by atoms with Crippen LogP contribution in [0.2, 0.25) is 0 Å². The Labute approximate surface area is 165 Å². The maximum absolute atomic E-state index is 12.8. The molecule has 0 bridgehead atoms. The minimum absolute atomic E-state index is 0.0424. The van der Waals surface area contributed by atoms with E-state index in [0.717, 1.165) is 25.1 Å². The number of thiophene rings is 1. The highest BCUT2D eigenvalue weighted by atomic mass is 32.1. The summed E-state index contributed by atoms with van der Waals surface area (Å²) in [6, 6.07) is 8.02. The molecule has 0 unspecified atom stereocenters. The monoisotopic (exact) mass is 397 g/mol. The Morgan fingerprint density at radius 3 is 2.96 bits per heavy atom. The van der Waals surface area contributed by atoms with Gasteiger partial charge in [-0.1, -0.05) is 17.7 Å². The van der Waals surface area contributed by atoms with E-state index < -0.39 is 0 Å². The van der Waals surface area contributed by atoms with Crippen LogP contribution < -0.4 is 10.2 Å². The number of aromatic nitrogens is 1. The first kappa shape index (κ1) is 17.9. The van der Waals surface area contributed by atoms with Gasteiger partial charge in [0.1, 0.15) is 0 Å². The lowest BCUT2D eigenvalue weighted by molar-refractivity contribution is -0.118. The van der Waals surface area contributed by atoms with Gasteiger partial charge in [0.05, 0.1) is 17.7 Å². The third-order valence-electron chi connectivity index (χ3n) is 4.54. The van der Waals surface area contributed by atoms with E-state index in [2.05, 4.69) is 23.3 Å². The molecule has 0 aliphatic carbocycles. The lowest BCUT2D eigenvalue weighted by Crippen LogP contribution is -2.36. The van der Waals surface area contributed by atoms with E-state index in [1.165, 1.54) is 33.8 Å². The van der Waals surface area contributed by atoms with Crippen molar-refractivity contribution in [3.63, 3.8) is 0 Å². The first-order valence-corrected chi connectivity index (χ1v) is 10.6. The van der Waals surface area contributed by atoms with Gasteiger partial charge in [-0.2, -0.15) is 11.3 Å². The maximum Gasteiger partial charge on any atom is 0.258 e. The number of hydrogen-bond acceptors (Lipinski definition) is 5. The van der Waals surface area contributed by atoms with Gasteiger partial charge >= 0.3 is 0 Å². The van der Waals surface area contributed by atoms with E-state index in [0.29, 0.717) is 16.4 Å². The molecular weight excluding hydrogens is 378 g/mol. The molecule has 3 aromatic rings. The summed E-state index contributed by atoms with van der Waals surface area (Å²) in [6.45, 7) is 2.81. The fourth-order valence-electron chi connectivity index (χ4n) is 3.24. The lowest BCUT2D eigenvalue weighted by atomic mass is 9.99. The van der Waals surface area contributed by atoms with Crippen LogP contribution in [-0.2, 0) is 17.6 Å². The number of carbonyl (C=O) groups excluding carboxylic acids is 2. The number of nitrogens with zero attached hydrogens (tertiary/aromatic N) is 2. The predicted molar refractivity (Wildman–Crippen MR) is 110 cm³/mol. The molecule has 3 heterocycles. The van der Waals surface area contributed by atoms with E-state index in [9.17, 15) is 9.59 Å². The van der Waals surface area contributed by atoms with Gasteiger partial charge < -0.3 is 4.90 Å². The minimum atomic E-state index is -0.177. The Balaban J connectivity index is 1.44. The number of aryl methyl sites for hydroxylation is 2. The number of thiazole rings is 1. The molecule has 0 saturated carbocycles. The molecule has 5 nitrogen and oxygen atoms in total. The van der Waals surface area contributed by atoms with Crippen molar-refractivity contribution in [3.05, 3.63) is 62.8 Å². The van der Waals surface area contributed by atoms with Gasteiger partial charge in [0.25, 0.3) is 5.91 Å². The fraction of sp³-hybridized carbons (Fsp3) is 0.250. The van der Waals surface area contributed by atoms with Gasteiger partial charge in [-0.3, -0.25) is 14.9 Å². The van der Waals surface area contributed by atoms with Crippen LogP contribution in [-0.4, -0.2) is 23.3 Å². The molecule has 1 aliphatic heterocycles.